The number of rotatable bonds is 6. The molecule has 0 saturated heterocycles. The zero-order valence-electron chi connectivity index (χ0n) is 12.8. The average molecular weight is 372 g/mol. The van der Waals surface area contributed by atoms with Crippen LogP contribution in [0.2, 0.25) is 15.1 Å². The minimum absolute atomic E-state index is 0.394. The fraction of sp³-hybridized carbons (Fsp3) is 0.235. The fourth-order valence-corrected chi connectivity index (χ4v) is 2.58. The maximum atomic E-state index is 6.23. The van der Waals surface area contributed by atoms with E-state index in [2.05, 4.69) is 24.4 Å². The lowest BCUT2D eigenvalue weighted by molar-refractivity contribution is 0.271. The second-order valence-corrected chi connectivity index (χ2v) is 6.65. The van der Waals surface area contributed by atoms with Crippen molar-refractivity contribution < 1.29 is 4.74 Å². The van der Waals surface area contributed by atoms with E-state index in [9.17, 15) is 0 Å². The number of anilines is 1. The molecule has 3 nitrogen and oxygen atoms in total. The fourth-order valence-electron chi connectivity index (χ4n) is 1.78. The van der Waals surface area contributed by atoms with Crippen LogP contribution in [0.5, 0.6) is 5.75 Å². The number of benzene rings is 2. The highest BCUT2D eigenvalue weighted by molar-refractivity contribution is 6.37. The molecule has 0 heterocycles. The minimum Gasteiger partial charge on any atom is -0.490 e. The second-order valence-electron chi connectivity index (χ2n) is 5.40. The van der Waals surface area contributed by atoms with E-state index in [0.717, 1.165) is 11.3 Å². The quantitative estimate of drug-likeness (QED) is 0.489. The molecule has 1 N–H and O–H groups in total. The van der Waals surface area contributed by atoms with Crippen LogP contribution in [0.4, 0.5) is 5.69 Å². The monoisotopic (exact) mass is 370 g/mol. The Morgan fingerprint density at radius 1 is 1.13 bits per heavy atom. The van der Waals surface area contributed by atoms with Crippen LogP contribution < -0.4 is 10.2 Å². The molecule has 0 aromatic heterocycles. The maximum Gasteiger partial charge on any atom is 0.156 e. The molecule has 0 aliphatic heterocycles. The molecule has 2 aromatic rings. The number of hydrazone groups is 1. The average Bonchev–Trinajstić information content (AvgIpc) is 2.46. The van der Waals surface area contributed by atoms with E-state index in [-0.39, 0.29) is 0 Å². The molecule has 6 heteroatoms. The molecule has 122 valence electrons. The summed E-state index contributed by atoms with van der Waals surface area (Å²) in [5, 5.41) is 5.71. The molecule has 0 amide bonds. The third-order valence-electron chi connectivity index (χ3n) is 2.81. The van der Waals surface area contributed by atoms with E-state index >= 15 is 0 Å². The Balaban J connectivity index is 2.07. The van der Waals surface area contributed by atoms with E-state index in [1.165, 1.54) is 0 Å². The zero-order valence-corrected chi connectivity index (χ0v) is 15.1. The first kappa shape index (κ1) is 17.9. The highest BCUT2D eigenvalue weighted by atomic mass is 35.5. The zero-order chi connectivity index (χ0) is 16.8. The van der Waals surface area contributed by atoms with Gasteiger partial charge in [-0.2, -0.15) is 5.10 Å². The molecule has 0 bridgehead atoms. The molecule has 0 aliphatic carbocycles. The van der Waals surface area contributed by atoms with Gasteiger partial charge in [0.05, 0.1) is 28.6 Å². The normalized spacial score (nSPS) is 11.2. The van der Waals surface area contributed by atoms with Gasteiger partial charge in [-0.25, -0.2) is 0 Å². The molecule has 0 unspecified atom stereocenters. The van der Waals surface area contributed by atoms with Crippen LogP contribution in [0.1, 0.15) is 19.4 Å². The van der Waals surface area contributed by atoms with Crippen molar-refractivity contribution in [3.05, 3.63) is 57.0 Å². The van der Waals surface area contributed by atoms with Gasteiger partial charge < -0.3 is 4.74 Å². The van der Waals surface area contributed by atoms with Crippen LogP contribution in [0.15, 0.2) is 41.5 Å². The van der Waals surface area contributed by atoms with Crippen molar-refractivity contribution in [3.63, 3.8) is 0 Å². The van der Waals surface area contributed by atoms with Crippen molar-refractivity contribution in [2.45, 2.75) is 13.8 Å². The van der Waals surface area contributed by atoms with Crippen LogP contribution in [-0.2, 0) is 0 Å². The largest absolute Gasteiger partial charge is 0.490 e. The topological polar surface area (TPSA) is 33.6 Å². The summed E-state index contributed by atoms with van der Waals surface area (Å²) in [5.41, 5.74) is 4.46. The standard InChI is InChI=1S/C17H17Cl3N2O/c1-11(2)10-23-17-15(19)6-12(7-16(17)20)9-21-22-14-5-3-4-13(18)8-14/h3-9,11,22H,10H2,1-2H3. The van der Waals surface area contributed by atoms with Gasteiger partial charge in [0.1, 0.15) is 0 Å². The Morgan fingerprint density at radius 3 is 2.43 bits per heavy atom. The number of halogens is 3. The van der Waals surface area contributed by atoms with Gasteiger partial charge in [0.25, 0.3) is 0 Å². The van der Waals surface area contributed by atoms with Crippen molar-refractivity contribution in [3.8, 4) is 5.75 Å². The lowest BCUT2D eigenvalue weighted by Gasteiger charge is -2.12. The van der Waals surface area contributed by atoms with Crippen LogP contribution in [-0.4, -0.2) is 12.8 Å². The van der Waals surface area contributed by atoms with Crippen molar-refractivity contribution in [2.75, 3.05) is 12.0 Å². The van der Waals surface area contributed by atoms with Gasteiger partial charge >= 0.3 is 0 Å². The van der Waals surface area contributed by atoms with Crippen LogP contribution in [0, 0.1) is 5.92 Å². The second kappa shape index (κ2) is 8.44. The van der Waals surface area contributed by atoms with Gasteiger partial charge in [0.2, 0.25) is 0 Å². The Kier molecular flexibility index (Phi) is 6.58. The predicted molar refractivity (Wildman–Crippen MR) is 99.5 cm³/mol. The van der Waals surface area contributed by atoms with E-state index in [1.807, 2.05) is 12.1 Å². The molecule has 0 radical (unpaired) electrons. The van der Waals surface area contributed by atoms with Gasteiger partial charge in [-0.1, -0.05) is 54.7 Å². The van der Waals surface area contributed by atoms with Gasteiger partial charge in [0.15, 0.2) is 5.75 Å². The molecule has 0 fully saturated rings. The number of hydrogen-bond acceptors (Lipinski definition) is 3. The maximum absolute atomic E-state index is 6.23. The molecule has 2 aromatic carbocycles. The lowest BCUT2D eigenvalue weighted by Crippen LogP contribution is -2.05. The number of nitrogens with one attached hydrogen (secondary N) is 1. The summed E-state index contributed by atoms with van der Waals surface area (Å²) in [7, 11) is 0. The molecule has 0 spiro atoms. The van der Waals surface area contributed by atoms with Crippen molar-refractivity contribution >= 4 is 46.7 Å². The van der Waals surface area contributed by atoms with Crippen LogP contribution >= 0.6 is 34.8 Å². The first-order valence-electron chi connectivity index (χ1n) is 7.12. The number of ether oxygens (including phenoxy) is 1. The Labute approximate surface area is 151 Å². The van der Waals surface area contributed by atoms with Crippen molar-refractivity contribution in [2.24, 2.45) is 11.0 Å². The molecule has 0 saturated carbocycles. The molecule has 2 rings (SSSR count). The third kappa shape index (κ3) is 5.61. The van der Waals surface area contributed by atoms with Gasteiger partial charge in [0, 0.05) is 5.02 Å². The number of nitrogens with zero attached hydrogens (tertiary/aromatic N) is 1. The summed E-state index contributed by atoms with van der Waals surface area (Å²) in [6.45, 7) is 4.68. The molecular formula is C17H17Cl3N2O. The lowest BCUT2D eigenvalue weighted by atomic mass is 10.2. The molecule has 0 aliphatic rings. The highest BCUT2D eigenvalue weighted by Crippen LogP contribution is 2.34. The summed E-state index contributed by atoms with van der Waals surface area (Å²) in [5.74, 6) is 0.896. The van der Waals surface area contributed by atoms with Crippen molar-refractivity contribution in [1.82, 2.24) is 0 Å². The van der Waals surface area contributed by atoms with Gasteiger partial charge in [-0.15, -0.1) is 0 Å². The van der Waals surface area contributed by atoms with E-state index in [0.29, 0.717) is 33.3 Å². The van der Waals surface area contributed by atoms with Gasteiger partial charge in [-0.05, 0) is 41.8 Å². The van der Waals surface area contributed by atoms with Crippen LogP contribution in [0.25, 0.3) is 0 Å². The number of hydrogen-bond donors (Lipinski definition) is 1. The van der Waals surface area contributed by atoms with Crippen molar-refractivity contribution in [1.29, 1.82) is 0 Å². The predicted octanol–water partition coefficient (Wildman–Crippen LogP) is 6.13. The first-order valence-corrected chi connectivity index (χ1v) is 8.25. The Hall–Kier alpha value is -1.42. The molecular weight excluding hydrogens is 355 g/mol. The molecule has 23 heavy (non-hydrogen) atoms. The Bertz CT molecular complexity index is 679. The van der Waals surface area contributed by atoms with Gasteiger partial charge in [-0.3, -0.25) is 5.43 Å². The SMILES string of the molecule is CC(C)COc1c(Cl)cc(C=NNc2cccc(Cl)c2)cc1Cl. The first-order chi connectivity index (χ1) is 11.0. The van der Waals surface area contributed by atoms with Crippen LogP contribution in [0.3, 0.4) is 0 Å². The van der Waals surface area contributed by atoms with E-state index < -0.39 is 0 Å². The summed E-state index contributed by atoms with van der Waals surface area (Å²) in [6, 6.07) is 10.8. The Morgan fingerprint density at radius 2 is 1.83 bits per heavy atom. The summed E-state index contributed by atoms with van der Waals surface area (Å²) in [4.78, 5) is 0. The minimum atomic E-state index is 0.394. The summed E-state index contributed by atoms with van der Waals surface area (Å²) >= 11 is 18.4. The summed E-state index contributed by atoms with van der Waals surface area (Å²) < 4.78 is 5.63. The highest BCUT2D eigenvalue weighted by Gasteiger charge is 2.10. The summed E-state index contributed by atoms with van der Waals surface area (Å²) in [6.07, 6.45) is 1.63. The van der Waals surface area contributed by atoms with E-state index in [4.69, 9.17) is 39.5 Å². The van der Waals surface area contributed by atoms with E-state index in [1.54, 1.807) is 30.5 Å². The smallest absolute Gasteiger partial charge is 0.156 e. The molecule has 0 atom stereocenters. The third-order valence-corrected chi connectivity index (χ3v) is 3.61.